The summed E-state index contributed by atoms with van der Waals surface area (Å²) in [5, 5.41) is 3.08. The normalized spacial score (nSPS) is 14.5. The van der Waals surface area contributed by atoms with Crippen LogP contribution in [0.1, 0.15) is 5.56 Å². The number of hydrogen-bond donors (Lipinski definition) is 1. The van der Waals surface area contributed by atoms with E-state index in [0.717, 1.165) is 0 Å². The van der Waals surface area contributed by atoms with E-state index in [9.17, 15) is 9.18 Å². The van der Waals surface area contributed by atoms with E-state index >= 15 is 0 Å². The van der Waals surface area contributed by atoms with Gasteiger partial charge in [0.25, 0.3) is 0 Å². The fraction of sp³-hybridized carbons (Fsp3) is 0.333. The van der Waals surface area contributed by atoms with Gasteiger partial charge in [0.1, 0.15) is 11.6 Å². The lowest BCUT2D eigenvalue weighted by atomic mass is 10.1. The average Bonchev–Trinajstić information content (AvgIpc) is 3.10. The Hall–Kier alpha value is -2.08. The molecule has 22 heavy (non-hydrogen) atoms. The molecule has 5 nitrogen and oxygen atoms in total. The van der Waals surface area contributed by atoms with Gasteiger partial charge in [0.05, 0.1) is 10.6 Å². The van der Waals surface area contributed by atoms with Crippen LogP contribution in [-0.2, 0) is 6.54 Å². The lowest BCUT2D eigenvalue weighted by Gasteiger charge is -2.16. The molecule has 1 aliphatic heterocycles. The lowest BCUT2D eigenvalue weighted by Crippen LogP contribution is -2.31. The van der Waals surface area contributed by atoms with Crippen LogP contribution in [0, 0.1) is 12.7 Å². The molecule has 3 rings (SSSR count). The number of imidazole rings is 1. The van der Waals surface area contributed by atoms with E-state index in [-0.39, 0.29) is 11.8 Å². The molecular weight excluding hydrogens is 307 g/mol. The van der Waals surface area contributed by atoms with Crippen LogP contribution in [0.15, 0.2) is 24.5 Å². The highest BCUT2D eigenvalue weighted by atomic mass is 35.5. The van der Waals surface area contributed by atoms with Gasteiger partial charge < -0.3 is 14.8 Å². The molecule has 1 aromatic heterocycles. The molecule has 7 heteroatoms. The highest BCUT2D eigenvalue weighted by Crippen LogP contribution is 2.31. The van der Waals surface area contributed by atoms with Crippen molar-refractivity contribution in [2.75, 3.05) is 19.6 Å². The third kappa shape index (κ3) is 2.66. The Balaban J connectivity index is 1.86. The number of amides is 2. The zero-order valence-corrected chi connectivity index (χ0v) is 12.9. The predicted molar refractivity (Wildman–Crippen MR) is 82.3 cm³/mol. The van der Waals surface area contributed by atoms with E-state index in [1.165, 1.54) is 0 Å². The Morgan fingerprint density at radius 2 is 2.23 bits per heavy atom. The van der Waals surface area contributed by atoms with Gasteiger partial charge in [-0.05, 0) is 18.6 Å². The molecule has 1 aromatic carbocycles. The number of carbonyl (C=O) groups is 1. The number of nitrogens with zero attached hydrogens (tertiary/aromatic N) is 3. The zero-order chi connectivity index (χ0) is 15.7. The molecule has 2 aromatic rings. The number of rotatable bonds is 4. The number of benzene rings is 1. The quantitative estimate of drug-likeness (QED) is 0.941. The molecule has 0 bridgehead atoms. The summed E-state index contributed by atoms with van der Waals surface area (Å²) < 4.78 is 16.2. The van der Waals surface area contributed by atoms with Crippen molar-refractivity contribution in [3.8, 4) is 11.4 Å². The fourth-order valence-corrected chi connectivity index (χ4v) is 2.76. The van der Waals surface area contributed by atoms with Crippen molar-refractivity contribution in [1.29, 1.82) is 0 Å². The van der Waals surface area contributed by atoms with Gasteiger partial charge in [-0.25, -0.2) is 14.2 Å². The Kier molecular flexibility index (Phi) is 4.02. The van der Waals surface area contributed by atoms with Gasteiger partial charge in [-0.3, -0.25) is 0 Å². The first-order valence-electron chi connectivity index (χ1n) is 7.07. The van der Waals surface area contributed by atoms with Gasteiger partial charge in [0.2, 0.25) is 0 Å². The first kappa shape index (κ1) is 14.8. The topological polar surface area (TPSA) is 50.2 Å². The van der Waals surface area contributed by atoms with Crippen molar-refractivity contribution in [3.63, 3.8) is 0 Å². The van der Waals surface area contributed by atoms with Gasteiger partial charge in [-0.15, -0.1) is 0 Å². The summed E-state index contributed by atoms with van der Waals surface area (Å²) in [5.41, 5.74) is 0.824. The van der Waals surface area contributed by atoms with Crippen LogP contribution in [-0.4, -0.2) is 40.1 Å². The Labute approximate surface area is 132 Å². The largest absolute Gasteiger partial charge is 0.336 e. The van der Waals surface area contributed by atoms with Crippen LogP contribution in [0.2, 0.25) is 5.02 Å². The summed E-state index contributed by atoms with van der Waals surface area (Å²) >= 11 is 6.15. The molecule has 2 heterocycles. The third-order valence-electron chi connectivity index (χ3n) is 3.78. The second-order valence-electron chi connectivity index (χ2n) is 5.22. The molecule has 1 N–H and O–H groups in total. The van der Waals surface area contributed by atoms with E-state index in [0.29, 0.717) is 48.2 Å². The van der Waals surface area contributed by atoms with Crippen LogP contribution < -0.4 is 5.32 Å². The number of aromatic nitrogens is 2. The predicted octanol–water partition coefficient (Wildman–Crippen LogP) is 2.68. The second kappa shape index (κ2) is 5.96. The first-order valence-corrected chi connectivity index (χ1v) is 7.44. The van der Waals surface area contributed by atoms with Crippen LogP contribution in [0.5, 0.6) is 0 Å². The summed E-state index contributed by atoms with van der Waals surface area (Å²) in [6.45, 7) is 4.11. The minimum absolute atomic E-state index is 0.0681. The van der Waals surface area contributed by atoms with Crippen molar-refractivity contribution in [1.82, 2.24) is 19.8 Å². The lowest BCUT2D eigenvalue weighted by molar-refractivity contribution is 0.215. The first-order chi connectivity index (χ1) is 10.6. The number of urea groups is 1. The maximum Gasteiger partial charge on any atom is 0.317 e. The number of hydrogen-bond acceptors (Lipinski definition) is 2. The second-order valence-corrected chi connectivity index (χ2v) is 5.62. The van der Waals surface area contributed by atoms with Crippen molar-refractivity contribution in [3.05, 3.63) is 40.9 Å². The molecule has 1 fully saturated rings. The van der Waals surface area contributed by atoms with Crippen molar-refractivity contribution >= 4 is 17.6 Å². The summed E-state index contributed by atoms with van der Waals surface area (Å²) in [6.07, 6.45) is 3.37. The number of nitrogens with one attached hydrogen (secondary N) is 1. The molecule has 0 saturated carbocycles. The van der Waals surface area contributed by atoms with Crippen LogP contribution in [0.25, 0.3) is 11.4 Å². The van der Waals surface area contributed by atoms with Gasteiger partial charge in [-0.1, -0.05) is 17.7 Å². The van der Waals surface area contributed by atoms with E-state index in [1.807, 2.05) is 4.57 Å². The SMILES string of the molecule is Cc1ccc(Cl)c(-c2nccn2CCN2CCNC2=O)c1F. The molecule has 116 valence electrons. The Bertz CT molecular complexity index is 716. The summed E-state index contributed by atoms with van der Waals surface area (Å²) in [4.78, 5) is 17.5. The van der Waals surface area contributed by atoms with Gasteiger partial charge in [0, 0.05) is 38.6 Å². The highest BCUT2D eigenvalue weighted by Gasteiger charge is 2.21. The Morgan fingerprint density at radius 3 is 2.95 bits per heavy atom. The molecule has 1 aliphatic rings. The van der Waals surface area contributed by atoms with E-state index in [2.05, 4.69) is 10.3 Å². The van der Waals surface area contributed by atoms with Gasteiger partial charge in [0.15, 0.2) is 0 Å². The van der Waals surface area contributed by atoms with Crippen LogP contribution in [0.3, 0.4) is 0 Å². The summed E-state index contributed by atoms with van der Waals surface area (Å²) in [5.74, 6) is 0.115. The van der Waals surface area contributed by atoms with Crippen LogP contribution in [0.4, 0.5) is 9.18 Å². The highest BCUT2D eigenvalue weighted by molar-refractivity contribution is 6.33. The number of aryl methyl sites for hydroxylation is 1. The number of halogens is 2. The zero-order valence-electron chi connectivity index (χ0n) is 12.1. The van der Waals surface area contributed by atoms with Gasteiger partial charge >= 0.3 is 6.03 Å². The van der Waals surface area contributed by atoms with E-state index < -0.39 is 0 Å². The minimum Gasteiger partial charge on any atom is -0.336 e. The van der Waals surface area contributed by atoms with Crippen molar-refractivity contribution < 1.29 is 9.18 Å². The molecule has 0 aliphatic carbocycles. The maximum absolute atomic E-state index is 14.4. The van der Waals surface area contributed by atoms with E-state index in [1.54, 1.807) is 36.4 Å². The van der Waals surface area contributed by atoms with Gasteiger partial charge in [-0.2, -0.15) is 0 Å². The van der Waals surface area contributed by atoms with E-state index in [4.69, 9.17) is 11.6 Å². The molecule has 0 spiro atoms. The monoisotopic (exact) mass is 322 g/mol. The summed E-state index contributed by atoms with van der Waals surface area (Å²) in [6, 6.07) is 3.24. The standard InChI is InChI=1S/C15H16ClFN4O/c1-10-2-3-11(16)12(13(10)17)14-18-4-6-20(14)8-9-21-7-5-19-15(21)22/h2-4,6H,5,7-9H2,1H3,(H,19,22). The minimum atomic E-state index is -0.362. The molecule has 0 unspecified atom stereocenters. The Morgan fingerprint density at radius 1 is 1.41 bits per heavy atom. The van der Waals surface area contributed by atoms with Crippen LogP contribution >= 0.6 is 11.6 Å². The third-order valence-corrected chi connectivity index (χ3v) is 4.09. The van der Waals surface area contributed by atoms with Crippen molar-refractivity contribution in [2.24, 2.45) is 0 Å². The maximum atomic E-state index is 14.4. The average molecular weight is 323 g/mol. The molecule has 2 amide bonds. The summed E-state index contributed by atoms with van der Waals surface area (Å²) in [7, 11) is 0. The molecule has 0 atom stereocenters. The molecule has 1 saturated heterocycles. The molecular formula is C15H16ClFN4O. The fourth-order valence-electron chi connectivity index (χ4n) is 2.53. The van der Waals surface area contributed by atoms with Crippen molar-refractivity contribution in [2.45, 2.75) is 13.5 Å². The number of carbonyl (C=O) groups excluding carboxylic acids is 1. The smallest absolute Gasteiger partial charge is 0.317 e. The molecule has 0 radical (unpaired) electrons.